The van der Waals surface area contributed by atoms with Crippen LogP contribution >= 0.6 is 0 Å². The fraction of sp³-hybridized carbons (Fsp3) is 0.529. The van der Waals surface area contributed by atoms with Gasteiger partial charge in [0.15, 0.2) is 0 Å². The molecule has 2 rings (SSSR count). The molecule has 1 heterocycles. The van der Waals surface area contributed by atoms with E-state index in [-0.39, 0.29) is 30.0 Å². The maximum atomic E-state index is 12.9. The molecule has 5 nitrogen and oxygen atoms in total. The largest absolute Gasteiger partial charge is 0.355 e. The molecule has 0 aliphatic carbocycles. The third-order valence-corrected chi connectivity index (χ3v) is 4.03. The fourth-order valence-electron chi connectivity index (χ4n) is 2.63. The van der Waals surface area contributed by atoms with Gasteiger partial charge < -0.3 is 15.1 Å². The van der Waals surface area contributed by atoms with Gasteiger partial charge in [-0.1, -0.05) is 12.1 Å². The highest BCUT2D eigenvalue weighted by Crippen LogP contribution is 2.18. The second-order valence-corrected chi connectivity index (χ2v) is 6.21. The topological polar surface area (TPSA) is 52.7 Å². The summed E-state index contributed by atoms with van der Waals surface area (Å²) in [5.41, 5.74) is 0.984. The molecule has 0 aromatic heterocycles. The van der Waals surface area contributed by atoms with E-state index in [4.69, 9.17) is 0 Å². The van der Waals surface area contributed by atoms with Crippen molar-refractivity contribution in [3.05, 3.63) is 35.6 Å². The van der Waals surface area contributed by atoms with Crippen molar-refractivity contribution < 1.29 is 14.0 Å². The van der Waals surface area contributed by atoms with Crippen molar-refractivity contribution in [1.29, 1.82) is 0 Å². The van der Waals surface area contributed by atoms with Gasteiger partial charge in [0, 0.05) is 32.6 Å². The monoisotopic (exact) mass is 321 g/mol. The number of likely N-dealkylation sites (tertiary alicyclic amines) is 1. The molecule has 1 saturated heterocycles. The van der Waals surface area contributed by atoms with Crippen molar-refractivity contribution in [3.8, 4) is 0 Å². The third kappa shape index (κ3) is 5.32. The van der Waals surface area contributed by atoms with Crippen LogP contribution in [0, 0.1) is 11.7 Å². The molecule has 0 saturated carbocycles. The minimum absolute atomic E-state index is 0.0138. The predicted octanol–water partition coefficient (Wildman–Crippen LogP) is 0.895. The Kier molecular flexibility index (Phi) is 6.10. The van der Waals surface area contributed by atoms with Gasteiger partial charge >= 0.3 is 0 Å². The molecule has 0 spiro atoms. The molecule has 1 unspecified atom stereocenters. The molecule has 1 aromatic rings. The van der Waals surface area contributed by atoms with Crippen LogP contribution in [-0.4, -0.2) is 61.9 Å². The Morgan fingerprint density at radius 1 is 1.35 bits per heavy atom. The molecule has 1 N–H and O–H groups in total. The summed E-state index contributed by atoms with van der Waals surface area (Å²) in [6, 6.07) is 6.28. The van der Waals surface area contributed by atoms with E-state index in [9.17, 15) is 14.0 Å². The highest BCUT2D eigenvalue weighted by Gasteiger charge is 2.33. The minimum atomic E-state index is -0.266. The lowest BCUT2D eigenvalue weighted by Crippen LogP contribution is -2.37. The van der Waals surface area contributed by atoms with Crippen LogP contribution in [0.5, 0.6) is 0 Å². The van der Waals surface area contributed by atoms with Crippen LogP contribution in [0.4, 0.5) is 4.39 Å². The van der Waals surface area contributed by atoms with E-state index < -0.39 is 0 Å². The van der Waals surface area contributed by atoms with E-state index in [1.54, 1.807) is 17.0 Å². The molecule has 2 amide bonds. The van der Waals surface area contributed by atoms with Gasteiger partial charge in [-0.15, -0.1) is 0 Å². The lowest BCUT2D eigenvalue weighted by atomic mass is 10.1. The van der Waals surface area contributed by atoms with E-state index in [0.717, 1.165) is 12.1 Å². The average molecular weight is 321 g/mol. The van der Waals surface area contributed by atoms with Gasteiger partial charge in [-0.25, -0.2) is 4.39 Å². The number of benzene rings is 1. The molecule has 6 heteroatoms. The number of nitrogens with zero attached hydrogens (tertiary/aromatic N) is 2. The summed E-state index contributed by atoms with van der Waals surface area (Å²) in [6.45, 7) is 2.40. The first-order chi connectivity index (χ1) is 11.0. The van der Waals surface area contributed by atoms with Crippen LogP contribution in [-0.2, 0) is 16.0 Å². The van der Waals surface area contributed by atoms with Crippen molar-refractivity contribution >= 4 is 11.8 Å². The van der Waals surface area contributed by atoms with Crippen LogP contribution in [0.2, 0.25) is 0 Å². The first-order valence-electron chi connectivity index (χ1n) is 7.90. The van der Waals surface area contributed by atoms with Gasteiger partial charge in [0.25, 0.3) is 0 Å². The van der Waals surface area contributed by atoms with E-state index in [1.165, 1.54) is 12.1 Å². The van der Waals surface area contributed by atoms with Crippen LogP contribution in [0.3, 0.4) is 0 Å². The van der Waals surface area contributed by atoms with Gasteiger partial charge in [-0.2, -0.15) is 0 Å². The van der Waals surface area contributed by atoms with E-state index in [2.05, 4.69) is 5.32 Å². The van der Waals surface area contributed by atoms with Crippen LogP contribution in [0.25, 0.3) is 0 Å². The Morgan fingerprint density at radius 2 is 2.04 bits per heavy atom. The van der Waals surface area contributed by atoms with Crippen molar-refractivity contribution in [1.82, 2.24) is 15.1 Å². The molecule has 23 heavy (non-hydrogen) atoms. The lowest BCUT2D eigenvalue weighted by molar-refractivity contribution is -0.129. The first kappa shape index (κ1) is 17.4. The zero-order valence-electron chi connectivity index (χ0n) is 13.7. The Morgan fingerprint density at radius 3 is 2.70 bits per heavy atom. The van der Waals surface area contributed by atoms with Crippen molar-refractivity contribution in [2.45, 2.75) is 12.8 Å². The number of rotatable bonds is 7. The van der Waals surface area contributed by atoms with Gasteiger partial charge in [0.2, 0.25) is 11.8 Å². The molecule has 1 aliphatic heterocycles. The number of hydrogen-bond donors (Lipinski definition) is 1. The molecular formula is C17H24FN3O2. The number of halogens is 1. The van der Waals surface area contributed by atoms with E-state index in [1.807, 2.05) is 19.0 Å². The number of carbonyl (C=O) groups excluding carboxylic acids is 2. The Hall–Kier alpha value is -1.95. The highest BCUT2D eigenvalue weighted by atomic mass is 19.1. The number of likely N-dealkylation sites (N-methyl/N-ethyl adjacent to an activating group) is 1. The second kappa shape index (κ2) is 8.06. The smallest absolute Gasteiger partial charge is 0.225 e. The quantitative estimate of drug-likeness (QED) is 0.812. The number of nitrogens with one attached hydrogen (secondary N) is 1. The van der Waals surface area contributed by atoms with Crippen molar-refractivity contribution in [3.63, 3.8) is 0 Å². The zero-order valence-corrected chi connectivity index (χ0v) is 13.7. The minimum Gasteiger partial charge on any atom is -0.355 e. The Labute approximate surface area is 136 Å². The number of carbonyl (C=O) groups is 2. The molecule has 1 atom stereocenters. The standard InChI is InChI=1S/C17H24FN3O2/c1-20(2)10-8-19-17(23)14-11-16(22)21(12-14)9-7-13-3-5-15(18)6-4-13/h3-6,14H,7-12H2,1-2H3,(H,19,23). The van der Waals surface area contributed by atoms with Gasteiger partial charge in [-0.3, -0.25) is 9.59 Å². The van der Waals surface area contributed by atoms with Crippen LogP contribution in [0.15, 0.2) is 24.3 Å². The summed E-state index contributed by atoms with van der Waals surface area (Å²) in [7, 11) is 3.89. The van der Waals surface area contributed by atoms with E-state index >= 15 is 0 Å². The second-order valence-electron chi connectivity index (χ2n) is 6.21. The number of hydrogen-bond acceptors (Lipinski definition) is 3. The predicted molar refractivity (Wildman–Crippen MR) is 86.4 cm³/mol. The summed E-state index contributed by atoms with van der Waals surface area (Å²) >= 11 is 0. The first-order valence-corrected chi connectivity index (χ1v) is 7.90. The van der Waals surface area contributed by atoms with Gasteiger partial charge in [0.05, 0.1) is 5.92 Å². The SMILES string of the molecule is CN(C)CCNC(=O)C1CC(=O)N(CCc2ccc(F)cc2)C1. The average Bonchev–Trinajstić information content (AvgIpc) is 2.87. The Bertz CT molecular complexity index is 545. The van der Waals surface area contributed by atoms with Crippen LogP contribution in [0.1, 0.15) is 12.0 Å². The Balaban J connectivity index is 1.78. The summed E-state index contributed by atoms with van der Waals surface area (Å²) < 4.78 is 12.9. The van der Waals surface area contributed by atoms with Crippen molar-refractivity contribution in [2.24, 2.45) is 5.92 Å². The zero-order chi connectivity index (χ0) is 16.8. The number of amides is 2. The third-order valence-electron chi connectivity index (χ3n) is 4.03. The normalized spacial score (nSPS) is 17.8. The molecule has 1 aliphatic rings. The molecule has 1 aromatic carbocycles. The lowest BCUT2D eigenvalue weighted by Gasteiger charge is -2.17. The molecule has 0 radical (unpaired) electrons. The summed E-state index contributed by atoms with van der Waals surface area (Å²) in [4.78, 5) is 27.8. The molecular weight excluding hydrogens is 297 g/mol. The van der Waals surface area contributed by atoms with E-state index in [0.29, 0.717) is 26.1 Å². The maximum absolute atomic E-state index is 12.9. The van der Waals surface area contributed by atoms with Crippen molar-refractivity contribution in [2.75, 3.05) is 40.3 Å². The molecule has 1 fully saturated rings. The maximum Gasteiger partial charge on any atom is 0.225 e. The fourth-order valence-corrected chi connectivity index (χ4v) is 2.63. The van der Waals surface area contributed by atoms with Gasteiger partial charge in [0.1, 0.15) is 5.82 Å². The molecule has 0 bridgehead atoms. The molecule has 126 valence electrons. The van der Waals surface area contributed by atoms with Gasteiger partial charge in [-0.05, 0) is 38.2 Å². The highest BCUT2D eigenvalue weighted by molar-refractivity contribution is 5.89. The summed E-state index contributed by atoms with van der Waals surface area (Å²) in [6.07, 6.45) is 0.943. The van der Waals surface area contributed by atoms with Crippen LogP contribution < -0.4 is 5.32 Å². The summed E-state index contributed by atoms with van der Waals surface area (Å²) in [5, 5.41) is 2.88. The summed E-state index contributed by atoms with van der Waals surface area (Å²) in [5.74, 6) is -0.567.